The molecule has 1 aliphatic heterocycles. The molecule has 6 heteroatoms. The lowest BCUT2D eigenvalue weighted by molar-refractivity contribution is -0.132. The quantitative estimate of drug-likeness (QED) is 0.637. The summed E-state index contributed by atoms with van der Waals surface area (Å²) in [5.74, 6) is -0.560. The lowest BCUT2D eigenvalue weighted by Gasteiger charge is -2.26. The third-order valence-electron chi connectivity index (χ3n) is 2.74. The zero-order valence-electron chi connectivity index (χ0n) is 11.5. The van der Waals surface area contributed by atoms with Gasteiger partial charge in [0.1, 0.15) is 11.6 Å². The lowest BCUT2D eigenvalue weighted by Crippen LogP contribution is -2.59. The molecule has 0 aliphatic carbocycles. The third-order valence-corrected chi connectivity index (χ3v) is 2.74. The van der Waals surface area contributed by atoms with Gasteiger partial charge in [-0.25, -0.2) is 0 Å². The van der Waals surface area contributed by atoms with Gasteiger partial charge in [-0.2, -0.15) is 0 Å². The smallest absolute Gasteiger partial charge is 0.243 e. The molecule has 0 spiro atoms. The van der Waals surface area contributed by atoms with E-state index in [0.717, 1.165) is 0 Å². The fourth-order valence-corrected chi connectivity index (χ4v) is 1.64. The van der Waals surface area contributed by atoms with Crippen LogP contribution in [0.3, 0.4) is 0 Å². The molecule has 1 rings (SSSR count). The molecule has 2 unspecified atom stereocenters. The summed E-state index contributed by atoms with van der Waals surface area (Å²) in [6, 6.07) is -0.613. The number of carbonyl (C=O) groups excluding carboxylic acids is 2. The first-order valence-corrected chi connectivity index (χ1v) is 6.14. The number of nitrogens with one attached hydrogen (secondary N) is 2. The number of hydrogen-bond donors (Lipinski definition) is 3. The maximum Gasteiger partial charge on any atom is 0.243 e. The van der Waals surface area contributed by atoms with Gasteiger partial charge in [-0.1, -0.05) is 0 Å². The second-order valence-electron chi connectivity index (χ2n) is 5.89. The fraction of sp³-hybridized carbons (Fsp3) is 0.833. The summed E-state index contributed by atoms with van der Waals surface area (Å²) in [5.41, 5.74) is 4.58. The van der Waals surface area contributed by atoms with Gasteiger partial charge in [-0.05, 0) is 34.1 Å². The van der Waals surface area contributed by atoms with Gasteiger partial charge >= 0.3 is 0 Å². The van der Waals surface area contributed by atoms with Crippen molar-refractivity contribution in [3.8, 4) is 0 Å². The Hall–Kier alpha value is -1.14. The van der Waals surface area contributed by atoms with Crippen molar-refractivity contribution in [3.05, 3.63) is 0 Å². The highest BCUT2D eigenvalue weighted by Gasteiger charge is 2.39. The topological polar surface area (TPSA) is 93.5 Å². The predicted molar refractivity (Wildman–Crippen MR) is 67.9 cm³/mol. The first-order chi connectivity index (χ1) is 8.14. The van der Waals surface area contributed by atoms with Crippen LogP contribution in [0.25, 0.3) is 0 Å². The maximum absolute atomic E-state index is 12.0. The Balaban J connectivity index is 2.51. The molecule has 1 heterocycles. The molecule has 1 aliphatic rings. The summed E-state index contributed by atoms with van der Waals surface area (Å²) in [7, 11) is 0. The summed E-state index contributed by atoms with van der Waals surface area (Å²) in [5, 5.41) is 5.43. The Morgan fingerprint density at radius 2 is 2.00 bits per heavy atom. The Kier molecular flexibility index (Phi) is 4.34. The molecule has 2 amide bonds. The van der Waals surface area contributed by atoms with E-state index in [4.69, 9.17) is 10.5 Å². The number of nitrogens with two attached hydrogens (primary N) is 1. The van der Waals surface area contributed by atoms with E-state index in [1.165, 1.54) is 0 Å². The fourth-order valence-electron chi connectivity index (χ4n) is 1.64. The highest BCUT2D eigenvalue weighted by atomic mass is 16.5. The molecule has 104 valence electrons. The van der Waals surface area contributed by atoms with Crippen molar-refractivity contribution in [2.75, 3.05) is 13.2 Å². The molecule has 1 saturated heterocycles. The molecule has 1 fully saturated rings. The third kappa shape index (κ3) is 3.96. The monoisotopic (exact) mass is 257 g/mol. The van der Waals surface area contributed by atoms with Crippen LogP contribution in [0.2, 0.25) is 0 Å². The lowest BCUT2D eigenvalue weighted by atomic mass is 9.99. The van der Waals surface area contributed by atoms with Crippen LogP contribution >= 0.6 is 0 Å². The van der Waals surface area contributed by atoms with Gasteiger partial charge < -0.3 is 21.1 Å². The van der Waals surface area contributed by atoms with Gasteiger partial charge in [0.2, 0.25) is 11.8 Å². The predicted octanol–water partition coefficient (Wildman–Crippen LogP) is -0.476. The molecule has 6 nitrogen and oxygen atoms in total. The molecule has 2 atom stereocenters. The minimum atomic E-state index is -1.00. The van der Waals surface area contributed by atoms with E-state index < -0.39 is 11.6 Å². The van der Waals surface area contributed by atoms with E-state index in [0.29, 0.717) is 13.0 Å². The van der Waals surface area contributed by atoms with Gasteiger partial charge in [0.05, 0.1) is 6.61 Å². The van der Waals surface area contributed by atoms with Crippen LogP contribution in [0.5, 0.6) is 0 Å². The molecular weight excluding hydrogens is 234 g/mol. The van der Waals surface area contributed by atoms with Gasteiger partial charge in [-0.15, -0.1) is 0 Å². The summed E-state index contributed by atoms with van der Waals surface area (Å²) < 4.78 is 5.12. The molecule has 0 bridgehead atoms. The van der Waals surface area contributed by atoms with Crippen molar-refractivity contribution >= 4 is 11.8 Å². The first-order valence-electron chi connectivity index (χ1n) is 6.14. The Bertz CT molecular complexity index is 330. The second-order valence-corrected chi connectivity index (χ2v) is 5.89. The van der Waals surface area contributed by atoms with Gasteiger partial charge in [0, 0.05) is 12.1 Å². The summed E-state index contributed by atoms with van der Waals surface area (Å²) in [6.45, 7) is 7.97. The normalized spacial score (nSPS) is 25.6. The van der Waals surface area contributed by atoms with E-state index in [-0.39, 0.29) is 24.0 Å². The van der Waals surface area contributed by atoms with Crippen LogP contribution in [-0.4, -0.2) is 42.1 Å². The molecular formula is C12H23N3O3. The van der Waals surface area contributed by atoms with Crippen LogP contribution in [-0.2, 0) is 14.3 Å². The van der Waals surface area contributed by atoms with Crippen LogP contribution in [0.4, 0.5) is 0 Å². The summed E-state index contributed by atoms with van der Waals surface area (Å²) >= 11 is 0. The van der Waals surface area contributed by atoms with Crippen LogP contribution in [0.15, 0.2) is 0 Å². The number of amides is 2. The van der Waals surface area contributed by atoms with Crippen molar-refractivity contribution in [1.29, 1.82) is 0 Å². The van der Waals surface area contributed by atoms with E-state index in [1.54, 1.807) is 6.92 Å². The largest absolute Gasteiger partial charge is 0.379 e. The Morgan fingerprint density at radius 3 is 2.44 bits per heavy atom. The van der Waals surface area contributed by atoms with Crippen molar-refractivity contribution in [3.63, 3.8) is 0 Å². The molecule has 0 aromatic carbocycles. The molecule has 0 aromatic heterocycles. The van der Waals surface area contributed by atoms with Crippen molar-refractivity contribution < 1.29 is 14.3 Å². The van der Waals surface area contributed by atoms with Gasteiger partial charge in [0.15, 0.2) is 0 Å². The number of ether oxygens (including phenoxy) is 1. The van der Waals surface area contributed by atoms with Crippen molar-refractivity contribution in [1.82, 2.24) is 10.6 Å². The molecule has 18 heavy (non-hydrogen) atoms. The summed E-state index contributed by atoms with van der Waals surface area (Å²) in [6.07, 6.45) is 0.479. The minimum Gasteiger partial charge on any atom is -0.379 e. The van der Waals surface area contributed by atoms with E-state index in [9.17, 15) is 9.59 Å². The SMILES string of the molecule is CC(NC(=O)C1(N)CCOC1)C(=O)NC(C)(C)C. The number of carbonyl (C=O) groups is 2. The van der Waals surface area contributed by atoms with E-state index in [2.05, 4.69) is 10.6 Å². The van der Waals surface area contributed by atoms with Crippen LogP contribution in [0.1, 0.15) is 34.1 Å². The molecule has 0 aromatic rings. The van der Waals surface area contributed by atoms with E-state index in [1.807, 2.05) is 20.8 Å². The highest BCUT2D eigenvalue weighted by Crippen LogP contribution is 2.15. The first kappa shape index (κ1) is 14.9. The number of rotatable bonds is 3. The minimum absolute atomic E-state index is 0.201. The molecule has 0 radical (unpaired) electrons. The molecule has 0 saturated carbocycles. The second kappa shape index (κ2) is 5.24. The standard InChI is InChI=1S/C12H23N3O3/c1-8(9(16)15-11(2,3)4)14-10(17)12(13)5-6-18-7-12/h8H,5-7,13H2,1-4H3,(H,14,17)(H,15,16). The highest BCUT2D eigenvalue weighted by molar-refractivity contribution is 5.92. The van der Waals surface area contributed by atoms with Crippen LogP contribution < -0.4 is 16.4 Å². The van der Waals surface area contributed by atoms with Gasteiger partial charge in [-0.3, -0.25) is 9.59 Å². The Morgan fingerprint density at radius 1 is 1.39 bits per heavy atom. The Labute approximate surface area is 108 Å². The average molecular weight is 257 g/mol. The average Bonchev–Trinajstić information content (AvgIpc) is 2.63. The van der Waals surface area contributed by atoms with Crippen molar-refractivity contribution in [2.45, 2.75) is 51.2 Å². The zero-order valence-corrected chi connectivity index (χ0v) is 11.5. The van der Waals surface area contributed by atoms with E-state index >= 15 is 0 Å². The zero-order chi connectivity index (χ0) is 14.0. The number of hydrogen-bond acceptors (Lipinski definition) is 4. The maximum atomic E-state index is 12.0. The van der Waals surface area contributed by atoms with Crippen molar-refractivity contribution in [2.24, 2.45) is 5.73 Å². The van der Waals surface area contributed by atoms with Crippen LogP contribution in [0, 0.1) is 0 Å². The van der Waals surface area contributed by atoms with Gasteiger partial charge in [0.25, 0.3) is 0 Å². The molecule has 4 N–H and O–H groups in total. The summed E-state index contributed by atoms with van der Waals surface area (Å²) in [4.78, 5) is 23.8.